The van der Waals surface area contributed by atoms with Gasteiger partial charge in [0, 0.05) is 39.7 Å². The molecule has 0 N–H and O–H groups in total. The Labute approximate surface area is 376 Å². The zero-order valence-corrected chi connectivity index (χ0v) is 37.0. The number of rotatable bonds is 8. The van der Waals surface area contributed by atoms with Crippen molar-refractivity contribution in [3.63, 3.8) is 0 Å². The van der Waals surface area contributed by atoms with Crippen molar-refractivity contribution in [1.29, 1.82) is 0 Å². The van der Waals surface area contributed by atoms with Crippen molar-refractivity contribution in [2.75, 3.05) is 9.80 Å². The van der Waals surface area contributed by atoms with Crippen LogP contribution in [0.2, 0.25) is 0 Å². The largest absolute Gasteiger partial charge is 0.330 e. The molecule has 0 aliphatic heterocycles. The first-order chi connectivity index (χ1) is 31.3. The van der Waals surface area contributed by atoms with Gasteiger partial charge in [0.1, 0.15) is 0 Å². The Balaban J connectivity index is 0.965. The molecule has 0 bridgehead atoms. The van der Waals surface area contributed by atoms with Gasteiger partial charge in [-0.1, -0.05) is 179 Å². The van der Waals surface area contributed by atoms with Crippen LogP contribution in [0.15, 0.2) is 194 Å². The highest BCUT2D eigenvalue weighted by Crippen LogP contribution is 2.65. The Bertz CT molecular complexity index is 3570. The number of nitrogens with zero attached hydrogens (tertiary/aromatic N) is 2. The normalized spacial score (nSPS) is 18.6. The summed E-state index contributed by atoms with van der Waals surface area (Å²) in [5.74, 6) is 0. The monoisotopic (exact) mass is 822 g/mol. The van der Waals surface area contributed by atoms with Crippen LogP contribution in [0.1, 0.15) is 73.9 Å². The van der Waals surface area contributed by atoms with E-state index in [9.17, 15) is 0 Å². The highest BCUT2D eigenvalue weighted by Gasteiger charge is 2.57. The van der Waals surface area contributed by atoms with Crippen molar-refractivity contribution in [2.24, 2.45) is 0 Å². The zero-order valence-electron chi connectivity index (χ0n) is 37.0. The van der Waals surface area contributed by atoms with E-state index in [1.165, 1.54) is 110 Å². The van der Waals surface area contributed by atoms with E-state index in [4.69, 9.17) is 0 Å². The van der Waals surface area contributed by atoms with E-state index in [0.717, 1.165) is 19.3 Å². The first-order valence-electron chi connectivity index (χ1n) is 23.3. The summed E-state index contributed by atoms with van der Waals surface area (Å²) < 4.78 is 0. The van der Waals surface area contributed by atoms with E-state index in [2.05, 4.69) is 232 Å². The molecule has 0 saturated carbocycles. The molecule has 0 radical (unpaired) electrons. The molecular formula is C62H50N2. The van der Waals surface area contributed by atoms with Crippen molar-refractivity contribution in [3.05, 3.63) is 228 Å². The molecule has 2 atom stereocenters. The fourth-order valence-electron chi connectivity index (χ4n) is 12.4. The van der Waals surface area contributed by atoms with E-state index in [0.29, 0.717) is 0 Å². The number of benzene rings is 10. The lowest BCUT2D eigenvalue weighted by molar-refractivity contribution is 0.363. The van der Waals surface area contributed by atoms with Gasteiger partial charge < -0.3 is 9.80 Å². The van der Waals surface area contributed by atoms with Crippen molar-refractivity contribution in [1.82, 2.24) is 0 Å². The fraction of sp³-hybridized carbons (Fsp3) is 0.161. The second kappa shape index (κ2) is 13.4. The molecule has 10 aromatic carbocycles. The summed E-state index contributed by atoms with van der Waals surface area (Å²) >= 11 is 0. The maximum absolute atomic E-state index is 2.70. The maximum Gasteiger partial charge on any atom is 0.0960 e. The molecular weight excluding hydrogens is 773 g/mol. The second-order valence-corrected chi connectivity index (χ2v) is 19.1. The lowest BCUT2D eigenvalue weighted by atomic mass is 9.65. The maximum atomic E-state index is 2.70. The third-order valence-corrected chi connectivity index (χ3v) is 15.8. The third kappa shape index (κ3) is 5.03. The predicted molar refractivity (Wildman–Crippen MR) is 271 cm³/mol. The van der Waals surface area contributed by atoms with Crippen LogP contribution in [0.4, 0.5) is 22.7 Å². The topological polar surface area (TPSA) is 6.48 Å². The molecule has 0 spiro atoms. The minimum atomic E-state index is -0.261. The number of hydrogen-bond donors (Lipinski definition) is 0. The van der Waals surface area contributed by atoms with Crippen LogP contribution in [0.3, 0.4) is 0 Å². The molecule has 2 heteroatoms. The van der Waals surface area contributed by atoms with Gasteiger partial charge in [0.15, 0.2) is 0 Å². The first kappa shape index (κ1) is 37.4. The summed E-state index contributed by atoms with van der Waals surface area (Å²) in [5.41, 5.74) is 15.9. The van der Waals surface area contributed by atoms with E-state index in [1.54, 1.807) is 0 Å². The Kier molecular flexibility index (Phi) is 7.85. The lowest BCUT2D eigenvalue weighted by Crippen LogP contribution is -2.52. The van der Waals surface area contributed by atoms with Gasteiger partial charge in [0.2, 0.25) is 0 Å². The molecule has 10 aromatic rings. The molecule has 2 nitrogen and oxygen atoms in total. The van der Waals surface area contributed by atoms with Crippen LogP contribution in [0.5, 0.6) is 0 Å². The number of anilines is 4. The van der Waals surface area contributed by atoms with Crippen molar-refractivity contribution < 1.29 is 0 Å². The fourth-order valence-corrected chi connectivity index (χ4v) is 12.4. The standard InChI is InChI=1S/C62H50N2/c1-5-61(63(47-31-29-40-17-7-9-21-44(40)33-47)58-27-15-23-42-19-11-13-25-49(42)58)39-46-35-51-52-36-56-57(38-55(52)60(3,4)54(51)37-53(46)61)62(56,6-2)64(48-32-30-41-18-8-10-22-45(41)34-48)59-28-16-24-43-20-12-14-26-50(43)59/h7-38H,5-6,39H2,1-4H3. The summed E-state index contributed by atoms with van der Waals surface area (Å²) in [6, 6.07) is 73.5. The molecule has 64 heavy (non-hydrogen) atoms. The van der Waals surface area contributed by atoms with Crippen LogP contribution in [0.25, 0.3) is 54.2 Å². The zero-order chi connectivity index (χ0) is 43.0. The summed E-state index contributed by atoms with van der Waals surface area (Å²) in [4.78, 5) is 5.38. The molecule has 0 saturated heterocycles. The van der Waals surface area contributed by atoms with Crippen LogP contribution < -0.4 is 9.80 Å². The minimum Gasteiger partial charge on any atom is -0.330 e. The third-order valence-electron chi connectivity index (χ3n) is 15.8. The van der Waals surface area contributed by atoms with Crippen molar-refractivity contribution >= 4 is 65.8 Å². The van der Waals surface area contributed by atoms with Gasteiger partial charge in [-0.25, -0.2) is 0 Å². The lowest BCUT2D eigenvalue weighted by Gasteiger charge is -2.53. The molecule has 0 heterocycles. The Morgan fingerprint density at radius 3 is 1.44 bits per heavy atom. The molecule has 3 aliphatic carbocycles. The first-order valence-corrected chi connectivity index (χ1v) is 23.3. The second-order valence-electron chi connectivity index (χ2n) is 19.1. The molecule has 308 valence electrons. The smallest absolute Gasteiger partial charge is 0.0960 e. The SMILES string of the molecule is CCC1(N(c2ccc3ccccc3c2)c2cccc3ccccc23)Cc2cc3c(cc21)C(C)(C)c1cc2c(cc1-3)C2(CC)N(c1ccc2ccccc2c1)c1cccc2ccccc12. The van der Waals surface area contributed by atoms with Gasteiger partial charge in [-0.15, -0.1) is 0 Å². The molecule has 13 rings (SSSR count). The quantitative estimate of drug-likeness (QED) is 0.151. The van der Waals surface area contributed by atoms with Crippen LogP contribution in [-0.2, 0) is 22.9 Å². The van der Waals surface area contributed by atoms with Gasteiger partial charge >= 0.3 is 0 Å². The van der Waals surface area contributed by atoms with Crippen molar-refractivity contribution in [2.45, 2.75) is 63.5 Å². The summed E-state index contributed by atoms with van der Waals surface area (Å²) in [6.45, 7) is 9.72. The van der Waals surface area contributed by atoms with E-state index < -0.39 is 0 Å². The average molecular weight is 823 g/mol. The molecule has 0 amide bonds. The number of hydrogen-bond acceptors (Lipinski definition) is 2. The highest BCUT2D eigenvalue weighted by molar-refractivity contribution is 6.01. The molecule has 0 aromatic heterocycles. The van der Waals surface area contributed by atoms with E-state index in [1.807, 2.05) is 0 Å². The minimum absolute atomic E-state index is 0.174. The van der Waals surface area contributed by atoms with E-state index >= 15 is 0 Å². The summed E-state index contributed by atoms with van der Waals surface area (Å²) in [6.07, 6.45) is 2.95. The Morgan fingerprint density at radius 1 is 0.391 bits per heavy atom. The summed E-state index contributed by atoms with van der Waals surface area (Å²) in [7, 11) is 0. The Morgan fingerprint density at radius 2 is 0.859 bits per heavy atom. The highest BCUT2D eigenvalue weighted by atomic mass is 15.2. The summed E-state index contributed by atoms with van der Waals surface area (Å²) in [5, 5.41) is 10.2. The van der Waals surface area contributed by atoms with Crippen molar-refractivity contribution in [3.8, 4) is 11.1 Å². The van der Waals surface area contributed by atoms with Crippen LogP contribution >= 0.6 is 0 Å². The molecule has 2 unspecified atom stereocenters. The Hall–Kier alpha value is -7.16. The van der Waals surface area contributed by atoms with Crippen LogP contribution in [-0.4, -0.2) is 0 Å². The predicted octanol–water partition coefficient (Wildman–Crippen LogP) is 16.4. The average Bonchev–Trinajstić information content (AvgIpc) is 3.92. The van der Waals surface area contributed by atoms with Gasteiger partial charge in [-0.05, 0) is 132 Å². The van der Waals surface area contributed by atoms with Gasteiger partial charge in [-0.2, -0.15) is 0 Å². The van der Waals surface area contributed by atoms with Gasteiger partial charge in [-0.3, -0.25) is 0 Å². The van der Waals surface area contributed by atoms with Gasteiger partial charge in [0.05, 0.1) is 16.8 Å². The van der Waals surface area contributed by atoms with Crippen LogP contribution in [0, 0.1) is 0 Å². The van der Waals surface area contributed by atoms with Gasteiger partial charge in [0.25, 0.3) is 0 Å². The van der Waals surface area contributed by atoms with E-state index in [-0.39, 0.29) is 16.5 Å². The molecule has 0 fully saturated rings. The molecule has 3 aliphatic rings. The number of fused-ring (bicyclic) bond motifs is 9.